The number of halogens is 2. The Balaban J connectivity index is 1.97. The van der Waals surface area contributed by atoms with Crippen molar-refractivity contribution in [2.75, 3.05) is 6.54 Å². The Morgan fingerprint density at radius 1 is 1.10 bits per heavy atom. The summed E-state index contributed by atoms with van der Waals surface area (Å²) in [6.07, 6.45) is 0. The second-order valence-corrected chi connectivity index (χ2v) is 5.75. The summed E-state index contributed by atoms with van der Waals surface area (Å²) >= 11 is 9.41. The minimum absolute atomic E-state index is 0.530. The maximum Gasteiger partial charge on any atom is 0.134 e. The maximum atomic E-state index is 5.86. The molecule has 2 aromatic rings. The van der Waals surface area contributed by atoms with Crippen molar-refractivity contribution in [1.29, 1.82) is 0 Å². The Bertz CT molecular complexity index is 557. The fourth-order valence-corrected chi connectivity index (χ4v) is 2.45. The quantitative estimate of drug-likeness (QED) is 0.805. The fraction of sp³-hybridized carbons (Fsp3) is 0.250. The van der Waals surface area contributed by atoms with Crippen molar-refractivity contribution >= 4 is 27.5 Å². The minimum atomic E-state index is 0.530. The summed E-state index contributed by atoms with van der Waals surface area (Å²) in [5.41, 5.74) is 2.33. The van der Waals surface area contributed by atoms with Crippen LogP contribution in [0.4, 0.5) is 0 Å². The molecule has 0 aliphatic carbocycles. The van der Waals surface area contributed by atoms with Crippen LogP contribution in [0.5, 0.6) is 5.75 Å². The molecule has 0 spiro atoms. The van der Waals surface area contributed by atoms with Crippen molar-refractivity contribution in [2.24, 2.45) is 0 Å². The molecule has 0 fully saturated rings. The third-order valence-electron chi connectivity index (χ3n) is 2.88. The molecule has 0 aromatic heterocycles. The molecule has 20 heavy (non-hydrogen) atoms. The van der Waals surface area contributed by atoms with E-state index in [1.54, 1.807) is 0 Å². The molecule has 2 nitrogen and oxygen atoms in total. The van der Waals surface area contributed by atoms with Crippen molar-refractivity contribution in [3.05, 3.63) is 63.1 Å². The van der Waals surface area contributed by atoms with E-state index in [1.165, 1.54) is 5.56 Å². The molecule has 0 heterocycles. The van der Waals surface area contributed by atoms with E-state index in [0.717, 1.165) is 33.9 Å². The van der Waals surface area contributed by atoms with E-state index >= 15 is 0 Å². The predicted molar refractivity (Wildman–Crippen MR) is 87.3 cm³/mol. The summed E-state index contributed by atoms with van der Waals surface area (Å²) in [5, 5.41) is 4.04. The Morgan fingerprint density at radius 2 is 1.80 bits per heavy atom. The lowest BCUT2D eigenvalue weighted by molar-refractivity contribution is 0.304. The molecule has 0 radical (unpaired) electrons. The van der Waals surface area contributed by atoms with Gasteiger partial charge in [-0.05, 0) is 57.9 Å². The van der Waals surface area contributed by atoms with Gasteiger partial charge in [-0.1, -0.05) is 36.7 Å². The van der Waals surface area contributed by atoms with E-state index in [-0.39, 0.29) is 0 Å². The highest BCUT2D eigenvalue weighted by Crippen LogP contribution is 2.27. The average Bonchev–Trinajstić information content (AvgIpc) is 2.46. The van der Waals surface area contributed by atoms with Gasteiger partial charge in [0, 0.05) is 11.6 Å². The second kappa shape index (κ2) is 7.67. The Morgan fingerprint density at radius 3 is 2.45 bits per heavy atom. The van der Waals surface area contributed by atoms with Gasteiger partial charge in [0.1, 0.15) is 12.4 Å². The molecule has 106 valence electrons. The monoisotopic (exact) mass is 353 g/mol. The highest BCUT2D eigenvalue weighted by atomic mass is 79.9. The van der Waals surface area contributed by atoms with Crippen LogP contribution in [-0.4, -0.2) is 6.54 Å². The molecule has 1 N–H and O–H groups in total. The molecule has 2 aromatic carbocycles. The van der Waals surface area contributed by atoms with Crippen LogP contribution in [0.1, 0.15) is 18.1 Å². The normalized spacial score (nSPS) is 10.6. The third kappa shape index (κ3) is 4.51. The van der Waals surface area contributed by atoms with Crippen molar-refractivity contribution in [1.82, 2.24) is 5.32 Å². The third-order valence-corrected chi connectivity index (χ3v) is 3.75. The summed E-state index contributed by atoms with van der Waals surface area (Å²) in [7, 11) is 0. The van der Waals surface area contributed by atoms with Crippen LogP contribution < -0.4 is 10.1 Å². The summed E-state index contributed by atoms with van der Waals surface area (Å²) < 4.78 is 6.79. The van der Waals surface area contributed by atoms with Crippen LogP contribution in [0.15, 0.2) is 46.9 Å². The number of hydrogen-bond acceptors (Lipinski definition) is 2. The summed E-state index contributed by atoms with van der Waals surface area (Å²) in [6.45, 7) is 4.46. The average molecular weight is 355 g/mol. The zero-order valence-electron chi connectivity index (χ0n) is 11.3. The van der Waals surface area contributed by atoms with Gasteiger partial charge >= 0.3 is 0 Å². The van der Waals surface area contributed by atoms with Gasteiger partial charge in [-0.2, -0.15) is 0 Å². The first-order valence-electron chi connectivity index (χ1n) is 6.55. The highest BCUT2D eigenvalue weighted by Gasteiger charge is 2.03. The van der Waals surface area contributed by atoms with Crippen molar-refractivity contribution in [3.63, 3.8) is 0 Å². The lowest BCUT2D eigenvalue weighted by Gasteiger charge is -2.10. The van der Waals surface area contributed by atoms with Gasteiger partial charge in [0.2, 0.25) is 0 Å². The molecular weight excluding hydrogens is 338 g/mol. The first-order valence-corrected chi connectivity index (χ1v) is 7.72. The van der Waals surface area contributed by atoms with Crippen molar-refractivity contribution in [3.8, 4) is 5.75 Å². The standard InChI is InChI=1S/C16H17BrClNO/c1-2-19-10-13-5-8-16(15(17)9-13)20-11-12-3-6-14(18)7-4-12/h3-9,19H,2,10-11H2,1H3. The van der Waals surface area contributed by atoms with Gasteiger partial charge < -0.3 is 10.1 Å². The lowest BCUT2D eigenvalue weighted by Crippen LogP contribution is -2.11. The first kappa shape index (κ1) is 15.4. The number of rotatable bonds is 6. The number of benzene rings is 2. The van der Waals surface area contributed by atoms with E-state index < -0.39 is 0 Å². The molecule has 0 atom stereocenters. The van der Waals surface area contributed by atoms with Crippen LogP contribution in [0.25, 0.3) is 0 Å². The summed E-state index contributed by atoms with van der Waals surface area (Å²) in [5.74, 6) is 0.847. The molecule has 0 aliphatic rings. The summed E-state index contributed by atoms with van der Waals surface area (Å²) in [6, 6.07) is 13.8. The summed E-state index contributed by atoms with van der Waals surface area (Å²) in [4.78, 5) is 0. The zero-order valence-corrected chi connectivity index (χ0v) is 13.7. The van der Waals surface area contributed by atoms with E-state index in [4.69, 9.17) is 16.3 Å². The largest absolute Gasteiger partial charge is 0.488 e. The number of nitrogens with one attached hydrogen (secondary N) is 1. The van der Waals surface area contributed by atoms with Crippen LogP contribution >= 0.6 is 27.5 Å². The molecular formula is C16H17BrClNO. The Kier molecular flexibility index (Phi) is 5.89. The van der Waals surface area contributed by atoms with Gasteiger partial charge in [-0.3, -0.25) is 0 Å². The van der Waals surface area contributed by atoms with Gasteiger partial charge in [0.25, 0.3) is 0 Å². The van der Waals surface area contributed by atoms with Crippen molar-refractivity contribution in [2.45, 2.75) is 20.1 Å². The number of ether oxygens (including phenoxy) is 1. The SMILES string of the molecule is CCNCc1ccc(OCc2ccc(Cl)cc2)c(Br)c1. The van der Waals surface area contributed by atoms with Crippen molar-refractivity contribution < 1.29 is 4.74 Å². The maximum absolute atomic E-state index is 5.86. The van der Waals surface area contributed by atoms with Gasteiger partial charge in [0.05, 0.1) is 4.47 Å². The molecule has 0 bridgehead atoms. The molecule has 0 saturated carbocycles. The molecule has 4 heteroatoms. The number of hydrogen-bond donors (Lipinski definition) is 1. The Labute approximate surface area is 133 Å². The molecule has 2 rings (SSSR count). The highest BCUT2D eigenvalue weighted by molar-refractivity contribution is 9.10. The van der Waals surface area contributed by atoms with E-state index in [2.05, 4.69) is 40.3 Å². The first-order chi connectivity index (χ1) is 9.69. The molecule has 0 aliphatic heterocycles. The van der Waals surface area contributed by atoms with E-state index in [1.807, 2.05) is 30.3 Å². The smallest absolute Gasteiger partial charge is 0.134 e. The van der Waals surface area contributed by atoms with Crippen LogP contribution in [0.3, 0.4) is 0 Å². The van der Waals surface area contributed by atoms with E-state index in [9.17, 15) is 0 Å². The van der Waals surface area contributed by atoms with Gasteiger partial charge in [-0.25, -0.2) is 0 Å². The minimum Gasteiger partial charge on any atom is -0.488 e. The molecule has 0 amide bonds. The Hall–Kier alpha value is -1.03. The topological polar surface area (TPSA) is 21.3 Å². The predicted octanol–water partition coefficient (Wildman–Crippen LogP) is 4.79. The van der Waals surface area contributed by atoms with Crippen LogP contribution in [-0.2, 0) is 13.2 Å². The van der Waals surface area contributed by atoms with E-state index in [0.29, 0.717) is 6.61 Å². The molecule has 0 saturated heterocycles. The fourth-order valence-electron chi connectivity index (χ4n) is 1.78. The van der Waals surface area contributed by atoms with Crippen LogP contribution in [0.2, 0.25) is 5.02 Å². The van der Waals surface area contributed by atoms with Crippen LogP contribution in [0, 0.1) is 0 Å². The zero-order chi connectivity index (χ0) is 14.4. The van der Waals surface area contributed by atoms with Gasteiger partial charge in [-0.15, -0.1) is 0 Å². The lowest BCUT2D eigenvalue weighted by atomic mass is 10.2. The second-order valence-electron chi connectivity index (χ2n) is 4.46. The molecule has 0 unspecified atom stereocenters. The van der Waals surface area contributed by atoms with Gasteiger partial charge in [0.15, 0.2) is 0 Å².